The van der Waals surface area contributed by atoms with Crippen LogP contribution in [0.3, 0.4) is 0 Å². The van der Waals surface area contributed by atoms with Crippen LogP contribution in [0.15, 0.2) is 28.7 Å². The van der Waals surface area contributed by atoms with E-state index in [9.17, 15) is 5.11 Å². The molecule has 17 heavy (non-hydrogen) atoms. The van der Waals surface area contributed by atoms with Crippen molar-refractivity contribution in [2.24, 2.45) is 0 Å². The summed E-state index contributed by atoms with van der Waals surface area (Å²) in [6, 6.07) is 8.09. The summed E-state index contributed by atoms with van der Waals surface area (Å²) in [7, 11) is 0. The van der Waals surface area contributed by atoms with E-state index in [2.05, 4.69) is 15.9 Å². The molecule has 1 saturated heterocycles. The van der Waals surface area contributed by atoms with Crippen LogP contribution in [0.4, 0.5) is 0 Å². The zero-order chi connectivity index (χ0) is 12.3. The summed E-state index contributed by atoms with van der Waals surface area (Å²) < 4.78 is 6.83. The van der Waals surface area contributed by atoms with Crippen molar-refractivity contribution in [3.8, 4) is 0 Å². The molecular formula is C14H19BrO2. The van der Waals surface area contributed by atoms with Crippen molar-refractivity contribution in [2.75, 3.05) is 6.61 Å². The molecule has 0 aromatic heterocycles. The first-order valence-corrected chi connectivity index (χ1v) is 6.96. The average molecular weight is 299 g/mol. The van der Waals surface area contributed by atoms with Gasteiger partial charge < -0.3 is 9.84 Å². The Bertz CT molecular complexity index is 355. The predicted molar refractivity (Wildman–Crippen MR) is 72.1 cm³/mol. The summed E-state index contributed by atoms with van der Waals surface area (Å²) in [6.45, 7) is 2.80. The molecule has 1 aliphatic rings. The van der Waals surface area contributed by atoms with Crippen LogP contribution in [0.2, 0.25) is 0 Å². The molecule has 0 saturated carbocycles. The van der Waals surface area contributed by atoms with Gasteiger partial charge in [-0.25, -0.2) is 0 Å². The first-order chi connectivity index (χ1) is 8.10. The lowest BCUT2D eigenvalue weighted by Crippen LogP contribution is -2.45. The molecule has 2 unspecified atom stereocenters. The van der Waals surface area contributed by atoms with Gasteiger partial charge in [0.25, 0.3) is 0 Å². The maximum absolute atomic E-state index is 10.3. The molecule has 0 amide bonds. The van der Waals surface area contributed by atoms with Crippen LogP contribution >= 0.6 is 15.9 Å². The highest BCUT2D eigenvalue weighted by Crippen LogP contribution is 2.29. The molecule has 1 N–H and O–H groups in total. The van der Waals surface area contributed by atoms with E-state index in [1.807, 2.05) is 31.2 Å². The Kier molecular flexibility index (Phi) is 4.23. The SMILES string of the molecule is CC1(C(O)Cc2ccc(Br)cc2)CCCCO1. The Hall–Kier alpha value is -0.380. The molecule has 2 nitrogen and oxygen atoms in total. The largest absolute Gasteiger partial charge is 0.390 e. The van der Waals surface area contributed by atoms with Crippen LogP contribution in [0.5, 0.6) is 0 Å². The van der Waals surface area contributed by atoms with Gasteiger partial charge in [-0.05, 0) is 43.9 Å². The van der Waals surface area contributed by atoms with E-state index in [-0.39, 0.29) is 5.60 Å². The highest BCUT2D eigenvalue weighted by Gasteiger charge is 2.35. The number of hydrogen-bond donors (Lipinski definition) is 1. The Morgan fingerprint density at radius 2 is 2.06 bits per heavy atom. The molecule has 0 bridgehead atoms. The molecule has 94 valence electrons. The second-order valence-corrected chi connectivity index (χ2v) is 5.88. The van der Waals surface area contributed by atoms with Crippen LogP contribution in [-0.4, -0.2) is 23.4 Å². The molecular weight excluding hydrogens is 280 g/mol. The Morgan fingerprint density at radius 1 is 1.35 bits per heavy atom. The Labute approximate surface area is 111 Å². The van der Waals surface area contributed by atoms with Gasteiger partial charge in [-0.2, -0.15) is 0 Å². The minimum absolute atomic E-state index is 0.370. The van der Waals surface area contributed by atoms with Crippen molar-refractivity contribution < 1.29 is 9.84 Å². The molecule has 2 atom stereocenters. The lowest BCUT2D eigenvalue weighted by atomic mass is 9.87. The topological polar surface area (TPSA) is 29.5 Å². The number of hydrogen-bond acceptors (Lipinski definition) is 2. The fourth-order valence-corrected chi connectivity index (χ4v) is 2.54. The number of benzene rings is 1. The van der Waals surface area contributed by atoms with Gasteiger partial charge in [0.15, 0.2) is 0 Å². The van der Waals surface area contributed by atoms with E-state index in [0.29, 0.717) is 6.42 Å². The van der Waals surface area contributed by atoms with Crippen LogP contribution in [-0.2, 0) is 11.2 Å². The number of aliphatic hydroxyl groups is 1. The van der Waals surface area contributed by atoms with Gasteiger partial charge in [-0.3, -0.25) is 0 Å². The fourth-order valence-electron chi connectivity index (χ4n) is 2.28. The third kappa shape index (κ3) is 3.30. The van der Waals surface area contributed by atoms with Crippen LogP contribution in [0, 0.1) is 0 Å². The fraction of sp³-hybridized carbons (Fsp3) is 0.571. The summed E-state index contributed by atoms with van der Waals surface area (Å²) in [4.78, 5) is 0. The van der Waals surface area contributed by atoms with E-state index in [4.69, 9.17) is 4.74 Å². The molecule has 0 aliphatic carbocycles. The van der Waals surface area contributed by atoms with E-state index in [0.717, 1.165) is 35.9 Å². The lowest BCUT2D eigenvalue weighted by Gasteiger charge is -2.38. The molecule has 1 aromatic rings. The lowest BCUT2D eigenvalue weighted by molar-refractivity contribution is -0.135. The van der Waals surface area contributed by atoms with E-state index in [1.54, 1.807) is 0 Å². The minimum atomic E-state index is -0.427. The van der Waals surface area contributed by atoms with Gasteiger partial charge >= 0.3 is 0 Å². The molecule has 1 aliphatic heterocycles. The average Bonchev–Trinajstić information content (AvgIpc) is 2.33. The first kappa shape index (κ1) is 13.1. The highest BCUT2D eigenvalue weighted by atomic mass is 79.9. The zero-order valence-corrected chi connectivity index (χ0v) is 11.7. The number of aliphatic hydroxyl groups excluding tert-OH is 1. The van der Waals surface area contributed by atoms with E-state index >= 15 is 0 Å². The first-order valence-electron chi connectivity index (χ1n) is 6.17. The van der Waals surface area contributed by atoms with Crippen molar-refractivity contribution >= 4 is 15.9 Å². The van der Waals surface area contributed by atoms with Crippen molar-refractivity contribution in [3.05, 3.63) is 34.3 Å². The van der Waals surface area contributed by atoms with Crippen LogP contribution < -0.4 is 0 Å². The molecule has 0 spiro atoms. The summed E-state index contributed by atoms with van der Waals surface area (Å²) in [5.41, 5.74) is 0.779. The predicted octanol–water partition coefficient (Wildman–Crippen LogP) is 3.31. The molecule has 0 radical (unpaired) electrons. The summed E-state index contributed by atoms with van der Waals surface area (Å²) >= 11 is 3.41. The maximum Gasteiger partial charge on any atom is 0.0915 e. The molecule has 1 heterocycles. The minimum Gasteiger partial charge on any atom is -0.390 e. The van der Waals surface area contributed by atoms with E-state index < -0.39 is 6.10 Å². The normalized spacial score (nSPS) is 26.8. The molecule has 1 fully saturated rings. The summed E-state index contributed by atoms with van der Waals surface area (Å²) in [5, 5.41) is 10.3. The van der Waals surface area contributed by atoms with Crippen molar-refractivity contribution in [3.63, 3.8) is 0 Å². The smallest absolute Gasteiger partial charge is 0.0915 e. The van der Waals surface area contributed by atoms with Gasteiger partial charge in [0.2, 0.25) is 0 Å². The third-order valence-corrected chi connectivity index (χ3v) is 4.08. The van der Waals surface area contributed by atoms with Gasteiger partial charge in [0.1, 0.15) is 0 Å². The molecule has 3 heteroatoms. The van der Waals surface area contributed by atoms with Crippen LogP contribution in [0.25, 0.3) is 0 Å². The summed E-state index contributed by atoms with van der Waals surface area (Å²) in [5.74, 6) is 0. The van der Waals surface area contributed by atoms with E-state index in [1.165, 1.54) is 0 Å². The number of rotatable bonds is 3. The second kappa shape index (κ2) is 5.51. The van der Waals surface area contributed by atoms with Crippen molar-refractivity contribution in [1.82, 2.24) is 0 Å². The van der Waals surface area contributed by atoms with Gasteiger partial charge in [-0.1, -0.05) is 28.1 Å². The van der Waals surface area contributed by atoms with Crippen LogP contribution in [0.1, 0.15) is 31.7 Å². The van der Waals surface area contributed by atoms with Gasteiger partial charge in [0, 0.05) is 17.5 Å². The zero-order valence-electron chi connectivity index (χ0n) is 10.2. The van der Waals surface area contributed by atoms with Gasteiger partial charge in [0.05, 0.1) is 11.7 Å². The standard InChI is InChI=1S/C14H19BrO2/c1-14(8-2-3-9-17-14)13(16)10-11-4-6-12(15)7-5-11/h4-7,13,16H,2-3,8-10H2,1H3. The number of ether oxygens (including phenoxy) is 1. The van der Waals surface area contributed by atoms with Crippen molar-refractivity contribution in [2.45, 2.75) is 44.3 Å². The summed E-state index contributed by atoms with van der Waals surface area (Å²) in [6.07, 6.45) is 3.44. The number of halogens is 1. The molecule has 1 aromatic carbocycles. The maximum atomic E-state index is 10.3. The Balaban J connectivity index is 2.00. The Morgan fingerprint density at radius 3 is 2.65 bits per heavy atom. The second-order valence-electron chi connectivity index (χ2n) is 4.96. The third-order valence-electron chi connectivity index (χ3n) is 3.55. The molecule has 2 rings (SSSR count). The monoisotopic (exact) mass is 298 g/mol. The highest BCUT2D eigenvalue weighted by molar-refractivity contribution is 9.10. The van der Waals surface area contributed by atoms with Crippen molar-refractivity contribution in [1.29, 1.82) is 0 Å². The quantitative estimate of drug-likeness (QED) is 0.928. The van der Waals surface area contributed by atoms with Gasteiger partial charge in [-0.15, -0.1) is 0 Å².